The highest BCUT2D eigenvalue weighted by Gasteiger charge is 2.32. The highest BCUT2D eigenvalue weighted by molar-refractivity contribution is 7.21. The van der Waals surface area contributed by atoms with Crippen molar-refractivity contribution in [2.75, 3.05) is 0 Å². The number of thiophene rings is 2. The summed E-state index contributed by atoms with van der Waals surface area (Å²) in [5.74, 6) is 0. The normalized spacial score (nSPS) is 16.9. The highest BCUT2D eigenvalue weighted by atomic mass is 32.1. The Balaban J connectivity index is 0.000000175. The second kappa shape index (κ2) is 33.3. The molecule has 0 aliphatic carbocycles. The summed E-state index contributed by atoms with van der Waals surface area (Å²) in [6.07, 6.45) is 3.32. The summed E-state index contributed by atoms with van der Waals surface area (Å²) in [6.45, 7) is 0. The smallest absolute Gasteiger partial charge is 0.0972 e. The Kier molecular flexibility index (Phi) is 10.6. The summed E-state index contributed by atoms with van der Waals surface area (Å²) < 4.78 is 481. The van der Waals surface area contributed by atoms with E-state index in [-0.39, 0.29) is 27.6 Å². The Labute approximate surface area is 876 Å². The van der Waals surface area contributed by atoms with Gasteiger partial charge in [-0.3, -0.25) is 9.97 Å². The third kappa shape index (κ3) is 13.3. The molecule has 0 radical (unpaired) electrons. The fraction of sp³-hybridized carbons (Fsp3) is 0. The van der Waals surface area contributed by atoms with Crippen molar-refractivity contribution >= 4 is 174 Å². The molecule has 0 fully saturated rings. The number of fused-ring (bicyclic) bond motifs is 16. The van der Waals surface area contributed by atoms with Crippen LogP contribution in [0.5, 0.6) is 0 Å². The molecular formula is C132H80N4S2. The van der Waals surface area contributed by atoms with Crippen molar-refractivity contribution in [2.24, 2.45) is 0 Å². The lowest BCUT2D eigenvalue weighted by Crippen LogP contribution is -1.93. The van der Waals surface area contributed by atoms with E-state index in [1.807, 2.05) is 72.8 Å². The van der Waals surface area contributed by atoms with E-state index in [1.165, 1.54) is 0 Å². The van der Waals surface area contributed by atoms with Gasteiger partial charge in [-0.25, -0.2) is 9.97 Å². The minimum atomic E-state index is -0.958. The molecule has 0 atom stereocenters. The van der Waals surface area contributed by atoms with Crippen LogP contribution in [0.3, 0.4) is 0 Å². The topological polar surface area (TPSA) is 51.6 Å². The Morgan fingerprint density at radius 3 is 0.841 bits per heavy atom. The molecular weight excluding hydrogens is 1710 g/mol. The van der Waals surface area contributed by atoms with Crippen molar-refractivity contribution in [1.82, 2.24) is 19.9 Å². The third-order valence-corrected chi connectivity index (χ3v) is 27.1. The van der Waals surface area contributed by atoms with Crippen LogP contribution in [0.4, 0.5) is 0 Å². The van der Waals surface area contributed by atoms with E-state index in [4.69, 9.17) is 30.5 Å². The van der Waals surface area contributed by atoms with E-state index in [2.05, 4.69) is 9.97 Å². The Morgan fingerprint density at radius 2 is 0.428 bits per heavy atom. The van der Waals surface area contributed by atoms with Crippen LogP contribution in [0.1, 0.15) is 69.9 Å². The number of benzene rings is 22. The summed E-state index contributed by atoms with van der Waals surface area (Å²) in [5, 5.41) is -3.24. The van der Waals surface area contributed by atoms with Crippen LogP contribution < -0.4 is 0 Å². The highest BCUT2D eigenvalue weighted by Crippen LogP contribution is 2.60. The van der Waals surface area contributed by atoms with Crippen LogP contribution in [0.2, 0.25) is 0 Å². The largest absolute Gasteiger partial charge is 0.254 e. The molecule has 0 unspecified atom stereocenters. The van der Waals surface area contributed by atoms with Gasteiger partial charge in [0.25, 0.3) is 0 Å². The predicted molar refractivity (Wildman–Crippen MR) is 590 cm³/mol. The first kappa shape index (κ1) is 44.1. The molecule has 0 N–H and O–H groups in total. The maximum Gasteiger partial charge on any atom is 0.0972 e. The van der Waals surface area contributed by atoms with Crippen LogP contribution in [-0.4, -0.2) is 19.9 Å². The Morgan fingerprint density at radius 1 is 0.152 bits per heavy atom. The van der Waals surface area contributed by atoms with Crippen molar-refractivity contribution in [2.45, 2.75) is 0 Å². The van der Waals surface area contributed by atoms with Gasteiger partial charge in [-0.15, -0.1) is 22.7 Å². The number of aromatic nitrogens is 4. The first-order valence-electron chi connectivity index (χ1n) is 68.4. The molecule has 640 valence electrons. The Hall–Kier alpha value is -17.5. The van der Waals surface area contributed by atoms with Gasteiger partial charge >= 0.3 is 0 Å². The number of pyridine rings is 4. The van der Waals surface area contributed by atoms with Gasteiger partial charge in [-0.05, 0) is 176 Å². The molecule has 28 rings (SSSR count). The maximum atomic E-state index is 10.6. The van der Waals surface area contributed by atoms with Crippen LogP contribution >= 0.6 is 22.7 Å². The van der Waals surface area contributed by atoms with Gasteiger partial charge in [0.1, 0.15) is 0 Å². The van der Waals surface area contributed by atoms with Crippen LogP contribution in [0, 0.1) is 0 Å². The van der Waals surface area contributed by atoms with Crippen molar-refractivity contribution in [3.05, 3.63) is 484 Å². The monoisotopic (exact) mass is 1840 g/mol. The molecule has 6 heteroatoms. The average Bonchev–Trinajstić information content (AvgIpc) is 1.55. The van der Waals surface area contributed by atoms with Crippen molar-refractivity contribution < 1.29 is 69.9 Å². The molecule has 0 saturated heterocycles. The second-order valence-electron chi connectivity index (χ2n) is 32.0. The molecule has 0 bridgehead atoms. The SMILES string of the molecule is [2H]c1cc2c(-c3c(-c4c([2H])c([2H])c(-c5ccc(-c6ccc7ccc8cccnc8c7n6)c6ccccc56)c5c([2H])c([2H])c([2H])c([2H])c45)sc(-c4c([2H])c([2H])c([2H])c5c([2H])c([2H])c([2H])c([2H])c45)c3-c3c([2H])c([2H])c([2H])c4c([2H])c([2H])cc([2H])c34)c([2H])c([2H])c([2H])c2c([2H])c1[2H].[2H]c1cc2c(-c3c(-c4c([2H])c([2H])c([2H])c5c([2H])c([2H])c([2H])c([2H])c45)sc(-c4c([2H])c([2H])c([2H])c5c([2H])c([2H])c([2H])c([2H])c45)c3-c3c([2H])c([2H])c(-c4ccc(-c5ccc6ccc7cccnc7c6n5)c5ccccc45)c4c([2H])c([2H])c([2H])c([2H])c34)c([2H])c([2H])c([2H])c2c([2H])c1[2H]. The van der Waals surface area contributed by atoms with Gasteiger partial charge < -0.3 is 0 Å². The molecule has 4 nitrogen and oxygen atoms in total. The number of hydrogen-bond donors (Lipinski definition) is 0. The summed E-state index contributed by atoms with van der Waals surface area (Å²) in [4.78, 5) is 17.4. The minimum absolute atomic E-state index is 0.156. The van der Waals surface area contributed by atoms with Crippen molar-refractivity contribution in [3.8, 4) is 131 Å². The van der Waals surface area contributed by atoms with Gasteiger partial charge in [-0.1, -0.05) is 448 Å². The number of rotatable bonds is 12. The molecule has 0 amide bonds. The van der Waals surface area contributed by atoms with Gasteiger partial charge in [0, 0.05) is 109 Å². The fourth-order valence-electron chi connectivity index (χ4n) is 18.5. The zero-order chi connectivity index (χ0) is 135. The zero-order valence-corrected chi connectivity index (χ0v) is 72.5. The lowest BCUT2D eigenvalue weighted by molar-refractivity contribution is 1.37. The molecule has 22 aromatic carbocycles. The van der Waals surface area contributed by atoms with Crippen LogP contribution in [-0.2, 0) is 0 Å². The summed E-state index contributed by atoms with van der Waals surface area (Å²) in [5.41, 5.74) is -2.74. The number of hydrogen-bond acceptors (Lipinski definition) is 6. The first-order chi connectivity index (χ1) is 89.7. The van der Waals surface area contributed by atoms with Crippen molar-refractivity contribution in [1.29, 1.82) is 0 Å². The number of nitrogens with zero attached hydrogens (tertiary/aromatic N) is 4. The lowest BCUT2D eigenvalue weighted by Gasteiger charge is -2.18. The van der Waals surface area contributed by atoms with E-state index in [0.717, 1.165) is 39.7 Å². The molecule has 0 aliphatic rings. The van der Waals surface area contributed by atoms with E-state index < -0.39 is 475 Å². The molecule has 6 aromatic heterocycles. The predicted octanol–water partition coefficient (Wildman–Crippen LogP) is 37.2. The summed E-state index contributed by atoms with van der Waals surface area (Å²) in [7, 11) is 0. The molecule has 0 aliphatic heterocycles. The van der Waals surface area contributed by atoms with Crippen LogP contribution in [0.15, 0.2) is 484 Å². The third-order valence-electron chi connectivity index (χ3n) is 24.6. The van der Waals surface area contributed by atoms with Gasteiger partial charge in [0.2, 0.25) is 0 Å². The first-order valence-corrected chi connectivity index (χ1v) is 44.6. The Bertz CT molecular complexity index is 13200. The standard InChI is InChI=1S/2C66H40N2S/c1-4-22-46-41(15-1)18-11-29-56(46)61-62(66(59-31-13-20-43-17-3-6-24-48(43)59)69-65(61)58-30-12-19-42-16-2-5-23-47(42)58)57-38-36-54(50-26-8-10-28-52(50)57)53-35-37-55(51-27-9-7-25-49(51)53)60-39-34-45-33-32-44-21-14-40-67-63(44)64(45)68-60;1-4-22-46-41(15-1)18-11-29-56(46)61-62(57-30-12-19-42-16-2-5-23-47(42)57)66(69-65(61)58-31-13-20-43-17-3-6-24-48(43)58)59-38-36-54(50-26-8-10-28-52(50)59)53-35-37-55(51-27-9-7-25-49(51)53)60-39-34-45-33-32-44-21-14-40-67-63(44)64(45)68-60/h2*1-40H/i1D,2D,3D,4D,5D,6D,8D,10D,11D,12D,13D,15D,16D,17D,18D,19D,20D,23D,24D,26D,28D,29D,30D,31D,36D,38D;1D,2D,3D,5D,6D,8D,10D,11D,12D,13D,15D,16D,17D,18D,19D,20D,22D,24D,26D,28D,29D,30D,31D,36D,38D. The molecule has 28 aromatic rings. The van der Waals surface area contributed by atoms with Crippen molar-refractivity contribution in [3.63, 3.8) is 0 Å². The van der Waals surface area contributed by atoms with Crippen LogP contribution in [0.25, 0.3) is 282 Å². The zero-order valence-electron chi connectivity index (χ0n) is 122. The second-order valence-corrected chi connectivity index (χ2v) is 34.0. The molecule has 138 heavy (non-hydrogen) atoms. The lowest BCUT2D eigenvalue weighted by atomic mass is 9.84. The quantitative estimate of drug-likeness (QED) is 0.114. The van der Waals surface area contributed by atoms with E-state index in [0.29, 0.717) is 88.8 Å². The summed E-state index contributed by atoms with van der Waals surface area (Å²) in [6, 6.07) is 3.24. The molecule has 0 spiro atoms. The van der Waals surface area contributed by atoms with E-state index >= 15 is 0 Å². The summed E-state index contributed by atoms with van der Waals surface area (Å²) >= 11 is 0.851. The average molecular weight is 1840 g/mol. The van der Waals surface area contributed by atoms with Gasteiger partial charge in [0.05, 0.1) is 103 Å². The van der Waals surface area contributed by atoms with E-state index in [9.17, 15) is 49.3 Å². The van der Waals surface area contributed by atoms with Gasteiger partial charge in [-0.2, -0.15) is 0 Å². The molecule has 6 heterocycles. The van der Waals surface area contributed by atoms with E-state index in [1.54, 1.807) is 85.2 Å². The minimum Gasteiger partial charge on any atom is -0.254 e. The van der Waals surface area contributed by atoms with Gasteiger partial charge in [0.15, 0.2) is 0 Å². The maximum absolute atomic E-state index is 10.6. The fourth-order valence-corrected chi connectivity index (χ4v) is 21.2. The molecule has 0 saturated carbocycles.